The van der Waals surface area contributed by atoms with E-state index in [0.717, 1.165) is 9.84 Å². The van der Waals surface area contributed by atoms with Crippen molar-refractivity contribution in [3.05, 3.63) is 24.2 Å². The van der Waals surface area contributed by atoms with Gasteiger partial charge in [0.1, 0.15) is 0 Å². The summed E-state index contributed by atoms with van der Waals surface area (Å²) in [5.41, 5.74) is 0. The van der Waals surface area contributed by atoms with E-state index in [9.17, 15) is 4.79 Å². The topological polar surface area (TPSA) is 48.7 Å². The number of furan rings is 1. The molecule has 1 unspecified atom stereocenters. The average molecular weight is 448 g/mol. The number of Topliss-reactive ketones (excluding diaryl/α,β-unsaturated/α-hetero) is 1. The van der Waals surface area contributed by atoms with Crippen LogP contribution in [0.2, 0.25) is 0 Å². The van der Waals surface area contributed by atoms with E-state index in [-0.39, 0.29) is 29.5 Å². The van der Waals surface area contributed by atoms with Gasteiger partial charge in [-0.1, -0.05) is 0 Å². The van der Waals surface area contributed by atoms with Crippen LogP contribution in [0.4, 0.5) is 0 Å². The van der Waals surface area contributed by atoms with E-state index in [1.807, 2.05) is 19.1 Å². The molecule has 110 valence electrons. The molecule has 0 saturated heterocycles. The van der Waals surface area contributed by atoms with Gasteiger partial charge in [0.05, 0.1) is 0 Å². The van der Waals surface area contributed by atoms with Crippen molar-refractivity contribution in [2.45, 2.75) is 19.3 Å². The summed E-state index contributed by atoms with van der Waals surface area (Å²) in [6, 6.07) is 3.82. The molecule has 0 amide bonds. The molecule has 0 aliphatic heterocycles. The molecule has 1 aromatic heterocycles. The molecule has 1 saturated carbocycles. The van der Waals surface area contributed by atoms with Gasteiger partial charge >= 0.3 is 130 Å². The number of rotatable bonds is 5. The number of ether oxygens (including phenoxy) is 2. The second kappa shape index (κ2) is 6.93. The molecular formula is C15H20O4W. The van der Waals surface area contributed by atoms with Crippen molar-refractivity contribution in [1.29, 1.82) is 0 Å². The van der Waals surface area contributed by atoms with Gasteiger partial charge in [-0.25, -0.2) is 0 Å². The van der Waals surface area contributed by atoms with Gasteiger partial charge in [0, 0.05) is 0 Å². The predicted octanol–water partition coefficient (Wildman–Crippen LogP) is 2.17. The molecule has 1 heterocycles. The SMILES string of the molecule is COC[C@H]1C(C)C(=O)C[C@@H](c2ccco2)[C@@H]1[C](=[W])OC. The standard InChI is InChI=1S/C15H20O4.W/c1-10-12(8-17-2)13(9-18-3)11(7-14(10)16)15-5-4-6-19-15;/h4-6,10-13H,7-8H2,1-3H3;/t10?,11-,12+,13+;/m1./s1. The van der Waals surface area contributed by atoms with E-state index >= 15 is 0 Å². The Morgan fingerprint density at radius 3 is 2.80 bits per heavy atom. The minimum atomic E-state index is -0.00402. The van der Waals surface area contributed by atoms with Crippen molar-refractivity contribution in [3.8, 4) is 0 Å². The maximum atomic E-state index is 12.3. The molecule has 4 atom stereocenters. The minimum absolute atomic E-state index is 0.00402. The van der Waals surface area contributed by atoms with Crippen LogP contribution in [0.5, 0.6) is 0 Å². The first-order valence-corrected chi connectivity index (χ1v) is 8.19. The Balaban J connectivity index is 2.37. The predicted molar refractivity (Wildman–Crippen MR) is 71.1 cm³/mol. The molecule has 2 rings (SSSR count). The second-order valence-electron chi connectivity index (χ2n) is 5.25. The number of carbonyl (C=O) groups excluding carboxylic acids is 1. The van der Waals surface area contributed by atoms with Crippen molar-refractivity contribution in [2.75, 3.05) is 20.8 Å². The van der Waals surface area contributed by atoms with Crippen molar-refractivity contribution < 1.29 is 38.0 Å². The number of hydrogen-bond donors (Lipinski definition) is 0. The average Bonchev–Trinajstić information content (AvgIpc) is 2.97. The monoisotopic (exact) mass is 448 g/mol. The zero-order chi connectivity index (χ0) is 14.7. The summed E-state index contributed by atoms with van der Waals surface area (Å²) in [7, 11) is 3.38. The van der Waals surface area contributed by atoms with E-state index in [1.54, 1.807) is 20.5 Å². The van der Waals surface area contributed by atoms with Crippen LogP contribution >= 0.6 is 0 Å². The number of carbonyl (C=O) groups is 1. The van der Waals surface area contributed by atoms with Crippen LogP contribution in [-0.2, 0) is 33.6 Å². The van der Waals surface area contributed by atoms with E-state index < -0.39 is 0 Å². The van der Waals surface area contributed by atoms with Gasteiger partial charge in [0.15, 0.2) is 0 Å². The van der Waals surface area contributed by atoms with Crippen LogP contribution < -0.4 is 0 Å². The van der Waals surface area contributed by atoms with Gasteiger partial charge in [-0.15, -0.1) is 0 Å². The van der Waals surface area contributed by atoms with Crippen LogP contribution in [-0.4, -0.2) is 30.7 Å². The first kappa shape index (κ1) is 15.8. The Labute approximate surface area is 130 Å². The summed E-state index contributed by atoms with van der Waals surface area (Å²) in [5, 5.41) is 0. The molecule has 0 radical (unpaired) electrons. The van der Waals surface area contributed by atoms with Crippen LogP contribution in [0.1, 0.15) is 25.0 Å². The summed E-state index contributed by atoms with van der Waals surface area (Å²) in [6.45, 7) is 2.56. The van der Waals surface area contributed by atoms with Gasteiger partial charge in [-0.2, -0.15) is 0 Å². The Morgan fingerprint density at radius 1 is 1.50 bits per heavy atom. The van der Waals surface area contributed by atoms with E-state index in [0.29, 0.717) is 13.0 Å². The Hall–Kier alpha value is -0.572. The fraction of sp³-hybridized carbons (Fsp3) is 0.600. The third-order valence-corrected chi connectivity index (χ3v) is 5.78. The van der Waals surface area contributed by atoms with Crippen molar-refractivity contribution in [1.82, 2.24) is 0 Å². The van der Waals surface area contributed by atoms with Crippen LogP contribution in [0.25, 0.3) is 0 Å². The number of ketones is 1. The summed E-state index contributed by atoms with van der Waals surface area (Å²) in [4.78, 5) is 12.3. The molecule has 0 bridgehead atoms. The van der Waals surface area contributed by atoms with Crippen molar-refractivity contribution in [3.63, 3.8) is 0 Å². The Morgan fingerprint density at radius 2 is 2.25 bits per heavy atom. The zero-order valence-corrected chi connectivity index (χ0v) is 14.9. The van der Waals surface area contributed by atoms with E-state index in [1.165, 1.54) is 19.4 Å². The molecule has 0 N–H and O–H groups in total. The van der Waals surface area contributed by atoms with Crippen molar-refractivity contribution in [2.24, 2.45) is 17.8 Å². The molecule has 5 heteroatoms. The van der Waals surface area contributed by atoms with Crippen LogP contribution in [0.15, 0.2) is 22.8 Å². The van der Waals surface area contributed by atoms with Crippen LogP contribution in [0.3, 0.4) is 0 Å². The first-order chi connectivity index (χ1) is 9.60. The molecule has 0 aromatic carbocycles. The zero-order valence-electron chi connectivity index (χ0n) is 12.0. The second-order valence-corrected chi connectivity index (χ2v) is 6.69. The quantitative estimate of drug-likeness (QED) is 0.694. The van der Waals surface area contributed by atoms with Gasteiger partial charge in [-0.3, -0.25) is 0 Å². The molecule has 1 aliphatic carbocycles. The van der Waals surface area contributed by atoms with Crippen molar-refractivity contribution >= 4 is 9.87 Å². The van der Waals surface area contributed by atoms with Gasteiger partial charge < -0.3 is 0 Å². The summed E-state index contributed by atoms with van der Waals surface area (Å²) < 4.78 is 17.4. The Bertz CT molecular complexity index is 468. The molecule has 0 spiro atoms. The molecular weight excluding hydrogens is 428 g/mol. The molecule has 1 aromatic rings. The third-order valence-electron chi connectivity index (χ3n) is 4.21. The van der Waals surface area contributed by atoms with Gasteiger partial charge in [0.25, 0.3) is 0 Å². The molecule has 1 fully saturated rings. The maximum absolute atomic E-state index is 12.3. The third kappa shape index (κ3) is 3.03. The molecule has 20 heavy (non-hydrogen) atoms. The summed E-state index contributed by atoms with van der Waals surface area (Å²) >= 11 is 1.30. The normalized spacial score (nSPS) is 30.4. The van der Waals surface area contributed by atoms with E-state index in [4.69, 9.17) is 13.9 Å². The van der Waals surface area contributed by atoms with E-state index in [2.05, 4.69) is 0 Å². The van der Waals surface area contributed by atoms with Crippen LogP contribution in [0, 0.1) is 17.8 Å². The fourth-order valence-electron chi connectivity index (χ4n) is 3.07. The summed E-state index contributed by atoms with van der Waals surface area (Å²) in [6.07, 6.45) is 2.18. The fourth-order valence-corrected chi connectivity index (χ4v) is 4.29. The Kier molecular flexibility index (Phi) is 5.48. The molecule has 4 nitrogen and oxygen atoms in total. The van der Waals surface area contributed by atoms with Gasteiger partial charge in [0.2, 0.25) is 0 Å². The summed E-state index contributed by atoms with van der Waals surface area (Å²) in [5.74, 6) is 1.52. The van der Waals surface area contributed by atoms with Gasteiger partial charge in [-0.05, 0) is 0 Å². The first-order valence-electron chi connectivity index (χ1n) is 6.73. The number of methoxy groups -OCH3 is 2. The molecule has 1 aliphatic rings. The number of hydrogen-bond acceptors (Lipinski definition) is 4.